The number of carboxylic acid groups (broad SMARTS) is 1. The van der Waals surface area contributed by atoms with E-state index in [4.69, 9.17) is 5.11 Å². The summed E-state index contributed by atoms with van der Waals surface area (Å²) >= 11 is 1.11. The van der Waals surface area contributed by atoms with Gasteiger partial charge in [-0.15, -0.1) is 0 Å². The van der Waals surface area contributed by atoms with Crippen molar-refractivity contribution in [2.75, 3.05) is 0 Å². The SMILES string of the molecule is CCCc1cc(=O)[nH]c(Sc2ccncc2C(=O)O)n1. The zero-order valence-corrected chi connectivity index (χ0v) is 11.6. The summed E-state index contributed by atoms with van der Waals surface area (Å²) in [6.45, 7) is 2.00. The number of nitrogens with one attached hydrogen (secondary N) is 1. The third-order valence-electron chi connectivity index (χ3n) is 2.50. The van der Waals surface area contributed by atoms with Crippen molar-refractivity contribution in [2.24, 2.45) is 0 Å². The Bertz CT molecular complexity index is 685. The number of pyridine rings is 1. The van der Waals surface area contributed by atoms with E-state index in [0.29, 0.717) is 22.2 Å². The first kappa shape index (κ1) is 14.3. The number of hydrogen-bond donors (Lipinski definition) is 2. The molecule has 0 fully saturated rings. The number of aromatic carboxylic acids is 1. The van der Waals surface area contributed by atoms with Gasteiger partial charge in [0.05, 0.1) is 5.56 Å². The van der Waals surface area contributed by atoms with Crippen LogP contribution < -0.4 is 5.56 Å². The van der Waals surface area contributed by atoms with E-state index in [1.807, 2.05) is 6.92 Å². The number of rotatable bonds is 5. The van der Waals surface area contributed by atoms with Gasteiger partial charge in [0.15, 0.2) is 5.16 Å². The van der Waals surface area contributed by atoms with E-state index in [0.717, 1.165) is 18.2 Å². The Morgan fingerprint density at radius 3 is 3.00 bits per heavy atom. The van der Waals surface area contributed by atoms with Gasteiger partial charge in [0.25, 0.3) is 5.56 Å². The van der Waals surface area contributed by atoms with Crippen LogP contribution in [0.4, 0.5) is 0 Å². The molecule has 0 spiro atoms. The number of carbonyl (C=O) groups is 1. The Balaban J connectivity index is 2.35. The highest BCUT2D eigenvalue weighted by molar-refractivity contribution is 7.99. The molecule has 2 N–H and O–H groups in total. The van der Waals surface area contributed by atoms with Crippen LogP contribution in [0.3, 0.4) is 0 Å². The maximum absolute atomic E-state index is 11.6. The molecule has 0 aliphatic heterocycles. The topological polar surface area (TPSA) is 95.9 Å². The van der Waals surface area contributed by atoms with E-state index in [2.05, 4.69) is 15.0 Å². The van der Waals surface area contributed by atoms with Crippen molar-refractivity contribution in [1.29, 1.82) is 0 Å². The molecule has 2 rings (SSSR count). The molecule has 0 saturated heterocycles. The van der Waals surface area contributed by atoms with Crippen molar-refractivity contribution in [3.8, 4) is 0 Å². The second-order valence-corrected chi connectivity index (χ2v) is 5.10. The van der Waals surface area contributed by atoms with E-state index >= 15 is 0 Å². The van der Waals surface area contributed by atoms with Crippen LogP contribution in [0.5, 0.6) is 0 Å². The third-order valence-corrected chi connectivity index (χ3v) is 3.46. The number of nitrogens with zero attached hydrogens (tertiary/aromatic N) is 2. The molecule has 0 atom stereocenters. The highest BCUT2D eigenvalue weighted by atomic mass is 32.2. The molecule has 0 aliphatic rings. The molecule has 0 amide bonds. The van der Waals surface area contributed by atoms with Gasteiger partial charge in [-0.1, -0.05) is 25.1 Å². The quantitative estimate of drug-likeness (QED) is 0.818. The highest BCUT2D eigenvalue weighted by Gasteiger charge is 2.12. The number of hydrogen-bond acceptors (Lipinski definition) is 5. The van der Waals surface area contributed by atoms with Crippen molar-refractivity contribution in [1.82, 2.24) is 15.0 Å². The van der Waals surface area contributed by atoms with Crippen LogP contribution in [0.25, 0.3) is 0 Å². The monoisotopic (exact) mass is 291 g/mol. The number of aromatic nitrogens is 3. The maximum atomic E-state index is 11.6. The van der Waals surface area contributed by atoms with Gasteiger partial charge in [-0.25, -0.2) is 9.78 Å². The Morgan fingerprint density at radius 1 is 1.50 bits per heavy atom. The van der Waals surface area contributed by atoms with Crippen LogP contribution in [0, 0.1) is 0 Å². The average molecular weight is 291 g/mol. The predicted molar refractivity (Wildman–Crippen MR) is 74.2 cm³/mol. The Kier molecular flexibility index (Phi) is 4.52. The first-order valence-corrected chi connectivity index (χ1v) is 6.87. The molecule has 0 unspecified atom stereocenters. The van der Waals surface area contributed by atoms with E-state index in [-0.39, 0.29) is 11.1 Å². The maximum Gasteiger partial charge on any atom is 0.338 e. The molecule has 0 bridgehead atoms. The number of H-pyrrole nitrogens is 1. The molecule has 2 aromatic heterocycles. The molecule has 0 aliphatic carbocycles. The second kappa shape index (κ2) is 6.33. The largest absolute Gasteiger partial charge is 0.478 e. The van der Waals surface area contributed by atoms with Gasteiger partial charge >= 0.3 is 5.97 Å². The van der Waals surface area contributed by atoms with Crippen LogP contribution in [-0.2, 0) is 6.42 Å². The molecular formula is C13H13N3O3S. The number of aromatic amines is 1. The van der Waals surface area contributed by atoms with Crippen LogP contribution in [0.1, 0.15) is 29.4 Å². The summed E-state index contributed by atoms with van der Waals surface area (Å²) < 4.78 is 0. The highest BCUT2D eigenvalue weighted by Crippen LogP contribution is 2.26. The fourth-order valence-electron chi connectivity index (χ4n) is 1.65. The lowest BCUT2D eigenvalue weighted by Gasteiger charge is -2.05. The Labute approximate surface area is 119 Å². The molecule has 0 radical (unpaired) electrons. The van der Waals surface area contributed by atoms with Gasteiger partial charge in [0.2, 0.25) is 0 Å². The summed E-state index contributed by atoms with van der Waals surface area (Å²) in [5, 5.41) is 9.48. The summed E-state index contributed by atoms with van der Waals surface area (Å²) in [6.07, 6.45) is 4.37. The van der Waals surface area contributed by atoms with E-state index in [1.165, 1.54) is 18.5 Å². The predicted octanol–water partition coefficient (Wildman–Crippen LogP) is 1.97. The van der Waals surface area contributed by atoms with E-state index in [9.17, 15) is 9.59 Å². The molecule has 2 heterocycles. The fraction of sp³-hybridized carbons (Fsp3) is 0.231. The smallest absolute Gasteiger partial charge is 0.338 e. The molecule has 104 valence electrons. The Hall–Kier alpha value is -2.15. The van der Waals surface area contributed by atoms with E-state index < -0.39 is 5.97 Å². The molecular weight excluding hydrogens is 278 g/mol. The summed E-state index contributed by atoms with van der Waals surface area (Å²) in [5.74, 6) is -1.06. The molecule has 6 nitrogen and oxygen atoms in total. The van der Waals surface area contributed by atoms with Crippen LogP contribution >= 0.6 is 11.8 Å². The van der Waals surface area contributed by atoms with Crippen molar-refractivity contribution in [3.63, 3.8) is 0 Å². The third kappa shape index (κ3) is 3.45. The Morgan fingerprint density at radius 2 is 2.30 bits per heavy atom. The first-order valence-electron chi connectivity index (χ1n) is 6.05. The van der Waals surface area contributed by atoms with Gasteiger partial charge in [0.1, 0.15) is 0 Å². The summed E-state index contributed by atoms with van der Waals surface area (Å²) in [7, 11) is 0. The fourth-order valence-corrected chi connectivity index (χ4v) is 2.55. The minimum atomic E-state index is -1.06. The van der Waals surface area contributed by atoms with Crippen molar-refractivity contribution < 1.29 is 9.90 Å². The normalized spacial score (nSPS) is 10.4. The number of carboxylic acids is 1. The standard InChI is InChI=1S/C13H13N3O3S/c1-2-3-8-6-11(17)16-13(15-8)20-10-4-5-14-7-9(10)12(18)19/h4-7H,2-3H2,1H3,(H,18,19)(H,15,16,17). The molecule has 7 heteroatoms. The van der Waals surface area contributed by atoms with E-state index in [1.54, 1.807) is 6.07 Å². The lowest BCUT2D eigenvalue weighted by atomic mass is 10.2. The van der Waals surface area contributed by atoms with Crippen molar-refractivity contribution in [3.05, 3.63) is 46.1 Å². The van der Waals surface area contributed by atoms with Crippen LogP contribution in [-0.4, -0.2) is 26.0 Å². The minimum absolute atomic E-state index is 0.0843. The molecule has 0 saturated carbocycles. The van der Waals surface area contributed by atoms with Crippen molar-refractivity contribution >= 4 is 17.7 Å². The van der Waals surface area contributed by atoms with Gasteiger partial charge in [-0.3, -0.25) is 9.78 Å². The molecule has 2 aromatic rings. The lowest BCUT2D eigenvalue weighted by molar-refractivity contribution is 0.0692. The van der Waals surface area contributed by atoms with Gasteiger partial charge in [-0.05, 0) is 12.5 Å². The average Bonchev–Trinajstić information content (AvgIpc) is 2.38. The zero-order chi connectivity index (χ0) is 14.5. The van der Waals surface area contributed by atoms with Crippen LogP contribution in [0.2, 0.25) is 0 Å². The number of aryl methyl sites for hydroxylation is 1. The summed E-state index contributed by atoms with van der Waals surface area (Å²) in [6, 6.07) is 3.04. The zero-order valence-electron chi connectivity index (χ0n) is 10.8. The second-order valence-electron chi connectivity index (χ2n) is 4.07. The van der Waals surface area contributed by atoms with Gasteiger partial charge in [-0.2, -0.15) is 0 Å². The summed E-state index contributed by atoms with van der Waals surface area (Å²) in [4.78, 5) is 33.9. The van der Waals surface area contributed by atoms with Crippen LogP contribution in [0.15, 0.2) is 39.4 Å². The molecule has 0 aromatic carbocycles. The van der Waals surface area contributed by atoms with Crippen molar-refractivity contribution in [2.45, 2.75) is 29.8 Å². The van der Waals surface area contributed by atoms with Gasteiger partial charge in [0, 0.05) is 29.0 Å². The first-order chi connectivity index (χ1) is 9.60. The van der Waals surface area contributed by atoms with Gasteiger partial charge < -0.3 is 10.1 Å². The molecule has 20 heavy (non-hydrogen) atoms. The minimum Gasteiger partial charge on any atom is -0.478 e. The summed E-state index contributed by atoms with van der Waals surface area (Å²) in [5.41, 5.74) is 0.544. The lowest BCUT2D eigenvalue weighted by Crippen LogP contribution is -2.10.